The third-order valence-electron chi connectivity index (χ3n) is 3.41. The molecule has 0 saturated carbocycles. The van der Waals surface area contributed by atoms with Gasteiger partial charge in [-0.05, 0) is 25.9 Å². The highest BCUT2D eigenvalue weighted by molar-refractivity contribution is 5.91. The van der Waals surface area contributed by atoms with Crippen LogP contribution < -0.4 is 10.6 Å². The first-order valence-corrected chi connectivity index (χ1v) is 6.14. The van der Waals surface area contributed by atoms with Crippen molar-refractivity contribution in [3.63, 3.8) is 0 Å². The van der Waals surface area contributed by atoms with E-state index in [-0.39, 0.29) is 23.7 Å². The lowest BCUT2D eigenvalue weighted by atomic mass is 9.79. The van der Waals surface area contributed by atoms with Gasteiger partial charge < -0.3 is 19.9 Å². The molecule has 0 aromatic carbocycles. The van der Waals surface area contributed by atoms with Crippen LogP contribution in [0, 0.1) is 5.41 Å². The highest BCUT2D eigenvalue weighted by Gasteiger charge is 2.32. The minimum atomic E-state index is -0.197. The number of hydrogen-bond donors (Lipinski definition) is 2. The molecule has 1 aromatic rings. The van der Waals surface area contributed by atoms with Crippen LogP contribution in [0.25, 0.3) is 0 Å². The molecule has 2 rings (SSSR count). The second kappa shape index (κ2) is 7.47. The van der Waals surface area contributed by atoms with Gasteiger partial charge in [0.05, 0.1) is 6.61 Å². The molecule has 2 N–H and O–H groups in total. The summed E-state index contributed by atoms with van der Waals surface area (Å²) in [6.45, 7) is 3.19. The van der Waals surface area contributed by atoms with E-state index in [1.165, 1.54) is 6.26 Å². The molecule has 0 bridgehead atoms. The summed E-state index contributed by atoms with van der Waals surface area (Å²) in [6, 6.07) is 1.56. The van der Waals surface area contributed by atoms with Gasteiger partial charge in [0.2, 0.25) is 0 Å². The van der Waals surface area contributed by atoms with Gasteiger partial charge >= 0.3 is 0 Å². The Morgan fingerprint density at radius 2 is 2.32 bits per heavy atom. The van der Waals surface area contributed by atoms with Crippen molar-refractivity contribution >= 4 is 18.3 Å². The summed E-state index contributed by atoms with van der Waals surface area (Å²) in [7, 11) is 1.70. The van der Waals surface area contributed by atoms with Crippen LogP contribution >= 0.6 is 12.4 Å². The molecule has 1 aromatic heterocycles. The van der Waals surface area contributed by atoms with Crippen LogP contribution in [0.1, 0.15) is 23.3 Å². The van der Waals surface area contributed by atoms with Crippen molar-refractivity contribution in [3.8, 4) is 0 Å². The highest BCUT2D eigenvalue weighted by atomic mass is 35.5. The van der Waals surface area contributed by atoms with Crippen molar-refractivity contribution in [2.75, 3.05) is 33.4 Å². The zero-order chi connectivity index (χ0) is 12.8. The normalized spacial score (nSPS) is 17.5. The predicted molar refractivity (Wildman–Crippen MR) is 72.5 cm³/mol. The van der Waals surface area contributed by atoms with Crippen molar-refractivity contribution in [2.24, 2.45) is 5.41 Å². The molecule has 1 fully saturated rings. The number of piperidine rings is 1. The summed E-state index contributed by atoms with van der Waals surface area (Å²) >= 11 is 0. The van der Waals surface area contributed by atoms with Gasteiger partial charge in [0.1, 0.15) is 6.26 Å². The standard InChI is InChI=1S/C12H19N3O3.ClH/c1-17-9-12(3-5-13-6-4-12)8-14-11(16)10-2-7-18-15-10;/h2,7,13H,3-6,8-9H2,1H3,(H,14,16);1H. The van der Waals surface area contributed by atoms with Crippen molar-refractivity contribution in [2.45, 2.75) is 12.8 Å². The molecule has 0 atom stereocenters. The minimum Gasteiger partial charge on any atom is -0.384 e. The molecule has 6 nitrogen and oxygen atoms in total. The Labute approximate surface area is 118 Å². The lowest BCUT2D eigenvalue weighted by Gasteiger charge is -2.37. The van der Waals surface area contributed by atoms with Crippen molar-refractivity contribution in [1.82, 2.24) is 15.8 Å². The number of ether oxygens (including phenoxy) is 1. The van der Waals surface area contributed by atoms with Crippen LogP contribution in [0.3, 0.4) is 0 Å². The quantitative estimate of drug-likeness (QED) is 0.840. The second-order valence-corrected chi connectivity index (χ2v) is 4.75. The van der Waals surface area contributed by atoms with Crippen LogP contribution in [0.5, 0.6) is 0 Å². The summed E-state index contributed by atoms with van der Waals surface area (Å²) in [5.74, 6) is -0.197. The maximum absolute atomic E-state index is 11.8. The SMILES string of the molecule is COCC1(CNC(=O)c2ccon2)CCNCC1.Cl. The Hall–Kier alpha value is -1.11. The Morgan fingerprint density at radius 1 is 1.58 bits per heavy atom. The topological polar surface area (TPSA) is 76.4 Å². The molecule has 7 heteroatoms. The fraction of sp³-hybridized carbons (Fsp3) is 0.667. The van der Waals surface area contributed by atoms with Crippen molar-refractivity contribution < 1.29 is 14.1 Å². The van der Waals surface area contributed by atoms with E-state index in [0.717, 1.165) is 25.9 Å². The van der Waals surface area contributed by atoms with Gasteiger partial charge in [0.15, 0.2) is 5.69 Å². The van der Waals surface area contributed by atoms with E-state index in [0.29, 0.717) is 18.8 Å². The highest BCUT2D eigenvalue weighted by Crippen LogP contribution is 2.28. The van der Waals surface area contributed by atoms with Gasteiger partial charge in [-0.2, -0.15) is 0 Å². The lowest BCUT2D eigenvalue weighted by molar-refractivity contribution is 0.0510. The zero-order valence-electron chi connectivity index (χ0n) is 11.0. The number of amides is 1. The van der Waals surface area contributed by atoms with Crippen LogP contribution in [0.15, 0.2) is 16.9 Å². The fourth-order valence-electron chi connectivity index (χ4n) is 2.32. The molecular formula is C12H20ClN3O3. The van der Waals surface area contributed by atoms with Crippen molar-refractivity contribution in [3.05, 3.63) is 18.0 Å². The number of carbonyl (C=O) groups excluding carboxylic acids is 1. The monoisotopic (exact) mass is 289 g/mol. The first-order valence-electron chi connectivity index (χ1n) is 6.14. The molecule has 1 aliphatic rings. The maximum atomic E-state index is 11.8. The van der Waals surface area contributed by atoms with Crippen LogP contribution in [0.2, 0.25) is 0 Å². The number of halogens is 1. The van der Waals surface area contributed by atoms with E-state index in [1.807, 2.05) is 0 Å². The summed E-state index contributed by atoms with van der Waals surface area (Å²) in [6.07, 6.45) is 3.39. The van der Waals surface area contributed by atoms with Crippen molar-refractivity contribution in [1.29, 1.82) is 0 Å². The Kier molecular flexibility index (Phi) is 6.27. The molecule has 2 heterocycles. The summed E-state index contributed by atoms with van der Waals surface area (Å²) in [4.78, 5) is 11.8. The number of hydrogen-bond acceptors (Lipinski definition) is 5. The van der Waals surface area contributed by atoms with Gasteiger partial charge in [-0.25, -0.2) is 0 Å². The smallest absolute Gasteiger partial charge is 0.273 e. The zero-order valence-corrected chi connectivity index (χ0v) is 11.8. The molecule has 108 valence electrons. The summed E-state index contributed by atoms with van der Waals surface area (Å²) in [5, 5.41) is 9.85. The number of methoxy groups -OCH3 is 1. The Morgan fingerprint density at radius 3 is 2.89 bits per heavy atom. The van der Waals surface area contributed by atoms with Gasteiger partial charge in [0, 0.05) is 25.1 Å². The molecule has 0 aliphatic carbocycles. The van der Waals surface area contributed by atoms with E-state index in [1.54, 1.807) is 13.2 Å². The fourth-order valence-corrected chi connectivity index (χ4v) is 2.32. The summed E-state index contributed by atoms with van der Waals surface area (Å²) < 4.78 is 9.95. The number of nitrogens with zero attached hydrogens (tertiary/aromatic N) is 1. The second-order valence-electron chi connectivity index (χ2n) is 4.75. The third-order valence-corrected chi connectivity index (χ3v) is 3.41. The molecule has 1 saturated heterocycles. The van der Waals surface area contributed by atoms with E-state index in [9.17, 15) is 4.79 Å². The molecule has 0 radical (unpaired) electrons. The number of aromatic nitrogens is 1. The minimum absolute atomic E-state index is 0. The average molecular weight is 290 g/mol. The van der Waals surface area contributed by atoms with Gasteiger partial charge in [0.25, 0.3) is 5.91 Å². The molecule has 0 unspecified atom stereocenters. The van der Waals surface area contributed by atoms with E-state index < -0.39 is 0 Å². The Bertz CT molecular complexity index is 372. The van der Waals surface area contributed by atoms with Crippen LogP contribution in [0.4, 0.5) is 0 Å². The van der Waals surface area contributed by atoms with Gasteiger partial charge in [-0.15, -0.1) is 12.4 Å². The third kappa shape index (κ3) is 4.19. The number of carbonyl (C=O) groups is 1. The Balaban J connectivity index is 0.00000180. The van der Waals surface area contributed by atoms with Gasteiger partial charge in [-0.1, -0.05) is 5.16 Å². The van der Waals surface area contributed by atoms with Crippen LogP contribution in [-0.4, -0.2) is 44.4 Å². The number of rotatable bonds is 5. The molecule has 1 aliphatic heterocycles. The van der Waals surface area contributed by atoms with E-state index in [4.69, 9.17) is 4.74 Å². The molecular weight excluding hydrogens is 270 g/mol. The first kappa shape index (κ1) is 15.9. The predicted octanol–water partition coefficient (Wildman–Crippen LogP) is 0.842. The average Bonchev–Trinajstić information content (AvgIpc) is 2.91. The maximum Gasteiger partial charge on any atom is 0.273 e. The van der Waals surface area contributed by atoms with Crippen LogP contribution in [-0.2, 0) is 4.74 Å². The number of nitrogens with one attached hydrogen (secondary N) is 2. The largest absolute Gasteiger partial charge is 0.384 e. The first-order chi connectivity index (χ1) is 8.76. The van der Waals surface area contributed by atoms with E-state index in [2.05, 4.69) is 20.3 Å². The van der Waals surface area contributed by atoms with E-state index >= 15 is 0 Å². The van der Waals surface area contributed by atoms with Gasteiger partial charge in [-0.3, -0.25) is 4.79 Å². The molecule has 19 heavy (non-hydrogen) atoms. The molecule has 1 amide bonds. The summed E-state index contributed by atoms with van der Waals surface area (Å²) in [5.41, 5.74) is 0.343. The molecule has 0 spiro atoms. The lowest BCUT2D eigenvalue weighted by Crippen LogP contribution is -2.47.